The van der Waals surface area contributed by atoms with E-state index in [0.29, 0.717) is 0 Å². The molecule has 0 radical (unpaired) electrons. The summed E-state index contributed by atoms with van der Waals surface area (Å²) in [4.78, 5) is 0. The van der Waals surface area contributed by atoms with E-state index < -0.39 is 5.60 Å². The average Bonchev–Trinajstić information content (AvgIpc) is 2.17. The van der Waals surface area contributed by atoms with Gasteiger partial charge < -0.3 is 5.11 Å². The summed E-state index contributed by atoms with van der Waals surface area (Å²) in [5.41, 5.74) is -0.736. The van der Waals surface area contributed by atoms with Gasteiger partial charge in [0, 0.05) is 6.42 Å². The van der Waals surface area contributed by atoms with Crippen LogP contribution in [0, 0.1) is 6.08 Å². The lowest BCUT2D eigenvalue weighted by molar-refractivity contribution is 0.143. The topological polar surface area (TPSA) is 20.2 Å². The van der Waals surface area contributed by atoms with Gasteiger partial charge in [0.05, 0.1) is 0 Å². The maximum Gasteiger partial charge on any atom is 0.221 e. The van der Waals surface area contributed by atoms with E-state index in [9.17, 15) is 5.11 Å². The van der Waals surface area contributed by atoms with Crippen LogP contribution in [0.5, 0.6) is 0 Å². The van der Waals surface area contributed by atoms with Crippen LogP contribution in [0.2, 0.25) is 0 Å². The van der Waals surface area contributed by atoms with Gasteiger partial charge in [0.25, 0.3) is 0 Å². The molecule has 8 heavy (non-hydrogen) atoms. The Labute approximate surface area is 49.3 Å². The molecule has 1 heteroatoms. The summed E-state index contributed by atoms with van der Waals surface area (Å²) in [7, 11) is 0. The summed E-state index contributed by atoms with van der Waals surface area (Å²) in [6.45, 7) is 3.49. The Morgan fingerprint density at radius 2 is 2.62 bits per heavy atom. The van der Waals surface area contributed by atoms with Gasteiger partial charge in [-0.2, -0.15) is 0 Å². The van der Waals surface area contributed by atoms with E-state index >= 15 is 0 Å². The molecule has 0 aliphatic heterocycles. The van der Waals surface area contributed by atoms with Gasteiger partial charge in [-0.05, 0) is 0 Å². The van der Waals surface area contributed by atoms with E-state index in [0.717, 1.165) is 12.8 Å². The van der Waals surface area contributed by atoms with Gasteiger partial charge in [-0.15, -0.1) is 0 Å². The first-order chi connectivity index (χ1) is 3.77. The fraction of sp³-hybridized carbons (Fsp3) is 0.429. The lowest BCUT2D eigenvalue weighted by Crippen LogP contribution is -2.17. The molecule has 0 heterocycles. The van der Waals surface area contributed by atoms with Gasteiger partial charge in [-0.25, -0.2) is 0 Å². The minimum Gasteiger partial charge on any atom is -0.377 e. The average molecular weight is 109 g/mol. The van der Waals surface area contributed by atoms with Crippen molar-refractivity contribution in [1.82, 2.24) is 0 Å². The molecule has 1 aliphatic rings. The lowest BCUT2D eigenvalue weighted by Gasteiger charge is -2.06. The molecular weight excluding hydrogens is 100 g/mol. The Balaban J connectivity index is 2.67. The molecule has 1 unspecified atom stereocenters. The molecule has 1 nitrogen and oxygen atoms in total. The van der Waals surface area contributed by atoms with Crippen molar-refractivity contribution in [3.8, 4) is 0 Å². The van der Waals surface area contributed by atoms with Crippen LogP contribution in [-0.4, -0.2) is 10.7 Å². The third kappa shape index (κ3) is 0.786. The van der Waals surface area contributed by atoms with Gasteiger partial charge in [0.2, 0.25) is 6.08 Å². The van der Waals surface area contributed by atoms with Gasteiger partial charge in [0.15, 0.2) is 18.1 Å². The largest absolute Gasteiger partial charge is 0.377 e. The summed E-state index contributed by atoms with van der Waals surface area (Å²) in [6.07, 6.45) is 7.73. The highest BCUT2D eigenvalue weighted by molar-refractivity contribution is 5.13. The van der Waals surface area contributed by atoms with Crippen LogP contribution in [0.15, 0.2) is 18.7 Å². The van der Waals surface area contributed by atoms with Crippen LogP contribution in [-0.2, 0) is 0 Å². The van der Waals surface area contributed by atoms with Crippen LogP contribution >= 0.6 is 0 Å². The second-order valence-corrected chi connectivity index (χ2v) is 2.04. The lowest BCUT2D eigenvalue weighted by atomic mass is 10.1. The number of hydrogen-bond acceptors (Lipinski definition) is 1. The maximum atomic E-state index is 9.26. The van der Waals surface area contributed by atoms with Crippen LogP contribution in [0.3, 0.4) is 0 Å². The SMILES string of the molecule is C=CC1(O)C=[C+]CC1. The van der Waals surface area contributed by atoms with Crippen molar-refractivity contribution in [1.29, 1.82) is 0 Å². The zero-order valence-corrected chi connectivity index (χ0v) is 4.72. The number of rotatable bonds is 1. The van der Waals surface area contributed by atoms with Crippen LogP contribution in [0.4, 0.5) is 0 Å². The summed E-state index contributed by atoms with van der Waals surface area (Å²) in [5.74, 6) is 0. The van der Waals surface area contributed by atoms with E-state index in [2.05, 4.69) is 12.7 Å². The van der Waals surface area contributed by atoms with E-state index in [1.807, 2.05) is 0 Å². The third-order valence-corrected chi connectivity index (χ3v) is 1.38. The summed E-state index contributed by atoms with van der Waals surface area (Å²) in [5, 5.41) is 9.26. The predicted octanol–water partition coefficient (Wildman–Crippen LogP) is 1.06. The first-order valence-corrected chi connectivity index (χ1v) is 2.70. The standard InChI is InChI=1S/C7H9O/c1-2-7(8)5-3-4-6-7/h2,6,8H,1,3,5H2/q+1. The Kier molecular flexibility index (Phi) is 1.16. The molecule has 1 aliphatic carbocycles. The molecule has 0 aromatic rings. The second-order valence-electron chi connectivity index (χ2n) is 2.04. The number of allylic oxidation sites excluding steroid dienone is 1. The van der Waals surface area contributed by atoms with Crippen molar-refractivity contribution in [2.75, 3.05) is 0 Å². The van der Waals surface area contributed by atoms with Crippen LogP contribution in [0.25, 0.3) is 0 Å². The number of hydrogen-bond donors (Lipinski definition) is 1. The van der Waals surface area contributed by atoms with Gasteiger partial charge in [-0.3, -0.25) is 0 Å². The van der Waals surface area contributed by atoms with Crippen molar-refractivity contribution < 1.29 is 5.11 Å². The van der Waals surface area contributed by atoms with Crippen molar-refractivity contribution in [2.24, 2.45) is 0 Å². The smallest absolute Gasteiger partial charge is 0.221 e. The molecule has 0 aromatic carbocycles. The molecule has 0 saturated heterocycles. The maximum absolute atomic E-state index is 9.26. The van der Waals surface area contributed by atoms with Crippen LogP contribution < -0.4 is 0 Å². The van der Waals surface area contributed by atoms with E-state index in [1.54, 1.807) is 12.2 Å². The molecule has 1 N–H and O–H groups in total. The highest BCUT2D eigenvalue weighted by Crippen LogP contribution is 2.21. The fourth-order valence-electron chi connectivity index (χ4n) is 0.754. The first kappa shape index (κ1) is 5.49. The predicted molar refractivity (Wildman–Crippen MR) is 32.2 cm³/mol. The Morgan fingerprint density at radius 1 is 1.88 bits per heavy atom. The zero-order chi connectivity index (χ0) is 6.04. The van der Waals surface area contributed by atoms with Gasteiger partial charge in [-0.1, -0.05) is 12.7 Å². The second kappa shape index (κ2) is 1.70. The van der Waals surface area contributed by atoms with Crippen molar-refractivity contribution >= 4 is 0 Å². The molecule has 42 valence electrons. The fourth-order valence-corrected chi connectivity index (χ4v) is 0.754. The Morgan fingerprint density at radius 3 is 2.88 bits per heavy atom. The minimum absolute atomic E-state index is 0.736. The number of aliphatic hydroxyl groups is 1. The molecule has 0 fully saturated rings. The third-order valence-electron chi connectivity index (χ3n) is 1.38. The Hall–Kier alpha value is -0.650. The van der Waals surface area contributed by atoms with Crippen molar-refractivity contribution in [3.05, 3.63) is 24.8 Å². The molecule has 0 spiro atoms. The quantitative estimate of drug-likeness (QED) is 0.394. The molecule has 0 aromatic heterocycles. The summed E-state index contributed by atoms with van der Waals surface area (Å²) >= 11 is 0. The normalized spacial score (nSPS) is 34.6. The molecule has 0 bridgehead atoms. The minimum atomic E-state index is -0.736. The summed E-state index contributed by atoms with van der Waals surface area (Å²) in [6, 6.07) is 0. The van der Waals surface area contributed by atoms with Gasteiger partial charge in [0.1, 0.15) is 0 Å². The molecule has 0 saturated carbocycles. The van der Waals surface area contributed by atoms with Crippen LogP contribution in [0.1, 0.15) is 12.8 Å². The highest BCUT2D eigenvalue weighted by Gasteiger charge is 2.31. The van der Waals surface area contributed by atoms with E-state index in [-0.39, 0.29) is 0 Å². The van der Waals surface area contributed by atoms with Crippen molar-refractivity contribution in [3.63, 3.8) is 0 Å². The Bertz CT molecular complexity index is 126. The highest BCUT2D eigenvalue weighted by atomic mass is 16.3. The van der Waals surface area contributed by atoms with Crippen molar-refractivity contribution in [2.45, 2.75) is 18.4 Å². The van der Waals surface area contributed by atoms with E-state index in [1.165, 1.54) is 0 Å². The zero-order valence-electron chi connectivity index (χ0n) is 4.72. The van der Waals surface area contributed by atoms with E-state index in [4.69, 9.17) is 0 Å². The molecule has 1 atom stereocenters. The molecule has 1 rings (SSSR count). The molecular formula is C7H9O+. The first-order valence-electron chi connectivity index (χ1n) is 2.70. The molecule has 0 amide bonds. The summed E-state index contributed by atoms with van der Waals surface area (Å²) < 4.78 is 0. The van der Waals surface area contributed by atoms with Gasteiger partial charge >= 0.3 is 0 Å². The monoisotopic (exact) mass is 109 g/mol.